The zero-order valence-corrected chi connectivity index (χ0v) is 14.1. The highest BCUT2D eigenvalue weighted by atomic mass is 16.6. The number of piperidine rings is 1. The van der Waals surface area contributed by atoms with Crippen LogP contribution in [0.4, 0.5) is 4.79 Å². The molecule has 2 heterocycles. The van der Waals surface area contributed by atoms with Crippen molar-refractivity contribution >= 4 is 12.1 Å². The molecule has 128 valence electrons. The molecule has 0 spiro atoms. The van der Waals surface area contributed by atoms with E-state index in [1.165, 1.54) is 7.11 Å². The maximum Gasteiger partial charge on any atom is 0.410 e. The first kappa shape index (κ1) is 17.2. The standard InChI is InChI=1S/C15H24N4O4/c1-15(2,3)23-14(21)18-7-5-6-11(8-18)9-19-10-12(16-17-19)13(20)22-4/h10-11H,5-9H2,1-4H3/t11-/m1/s1. The van der Waals surface area contributed by atoms with Crippen LogP contribution in [0.1, 0.15) is 44.1 Å². The molecule has 0 N–H and O–H groups in total. The fraction of sp³-hybridized carbons (Fsp3) is 0.733. The third-order valence-corrected chi connectivity index (χ3v) is 3.55. The van der Waals surface area contributed by atoms with Gasteiger partial charge in [-0.3, -0.25) is 4.68 Å². The van der Waals surface area contributed by atoms with E-state index in [0.717, 1.165) is 12.8 Å². The molecule has 0 bridgehead atoms. The summed E-state index contributed by atoms with van der Waals surface area (Å²) in [5.41, 5.74) is -0.307. The third kappa shape index (κ3) is 4.94. The maximum atomic E-state index is 12.2. The van der Waals surface area contributed by atoms with Gasteiger partial charge < -0.3 is 14.4 Å². The fourth-order valence-electron chi connectivity index (χ4n) is 2.56. The molecule has 0 radical (unpaired) electrons. The predicted molar refractivity (Wildman–Crippen MR) is 81.9 cm³/mol. The van der Waals surface area contributed by atoms with Crippen molar-refractivity contribution in [3.8, 4) is 0 Å². The van der Waals surface area contributed by atoms with Gasteiger partial charge in [-0.25, -0.2) is 9.59 Å². The van der Waals surface area contributed by atoms with Crippen LogP contribution in [0.15, 0.2) is 6.20 Å². The van der Waals surface area contributed by atoms with Crippen LogP contribution in [0.2, 0.25) is 0 Å². The molecule has 0 aromatic carbocycles. The summed E-state index contributed by atoms with van der Waals surface area (Å²) in [4.78, 5) is 25.3. The molecule has 1 atom stereocenters. The zero-order chi connectivity index (χ0) is 17.0. The Morgan fingerprint density at radius 3 is 2.78 bits per heavy atom. The molecule has 0 aliphatic carbocycles. The Morgan fingerprint density at radius 2 is 2.13 bits per heavy atom. The van der Waals surface area contributed by atoms with Crippen LogP contribution >= 0.6 is 0 Å². The lowest BCUT2D eigenvalue weighted by molar-refractivity contribution is 0.0155. The highest BCUT2D eigenvalue weighted by molar-refractivity contribution is 5.86. The van der Waals surface area contributed by atoms with Gasteiger partial charge >= 0.3 is 12.1 Å². The number of nitrogens with zero attached hydrogens (tertiary/aromatic N) is 4. The van der Waals surface area contributed by atoms with E-state index in [2.05, 4.69) is 15.0 Å². The average Bonchev–Trinajstić information content (AvgIpc) is 2.93. The maximum absolute atomic E-state index is 12.2. The molecule has 1 amide bonds. The van der Waals surface area contributed by atoms with Crippen molar-refractivity contribution < 1.29 is 19.1 Å². The number of carbonyl (C=O) groups excluding carboxylic acids is 2. The molecule has 1 aliphatic heterocycles. The van der Waals surface area contributed by atoms with E-state index < -0.39 is 11.6 Å². The molecular weight excluding hydrogens is 300 g/mol. The average molecular weight is 324 g/mol. The molecule has 1 aromatic heterocycles. The highest BCUT2D eigenvalue weighted by Gasteiger charge is 2.28. The second kappa shape index (κ2) is 6.97. The molecular formula is C15H24N4O4. The lowest BCUT2D eigenvalue weighted by Gasteiger charge is -2.34. The van der Waals surface area contributed by atoms with E-state index in [4.69, 9.17) is 4.74 Å². The molecule has 2 rings (SSSR count). The molecule has 1 aromatic rings. The Balaban J connectivity index is 1.92. The minimum atomic E-state index is -0.504. The number of hydrogen-bond acceptors (Lipinski definition) is 6. The van der Waals surface area contributed by atoms with Gasteiger partial charge in [0.05, 0.1) is 13.3 Å². The number of ether oxygens (including phenoxy) is 2. The van der Waals surface area contributed by atoms with Gasteiger partial charge in [-0.1, -0.05) is 5.21 Å². The predicted octanol–water partition coefficient (Wildman–Crippen LogP) is 1.71. The summed E-state index contributed by atoms with van der Waals surface area (Å²) >= 11 is 0. The number of aromatic nitrogens is 3. The third-order valence-electron chi connectivity index (χ3n) is 3.55. The molecule has 23 heavy (non-hydrogen) atoms. The number of methoxy groups -OCH3 is 1. The molecule has 1 fully saturated rings. The van der Waals surface area contributed by atoms with Gasteiger partial charge in [-0.2, -0.15) is 0 Å². The van der Waals surface area contributed by atoms with Crippen LogP contribution in [0.5, 0.6) is 0 Å². The topological polar surface area (TPSA) is 86.5 Å². The number of amides is 1. The van der Waals surface area contributed by atoms with Crippen LogP contribution in [0.3, 0.4) is 0 Å². The van der Waals surface area contributed by atoms with E-state index in [1.54, 1.807) is 15.8 Å². The van der Waals surface area contributed by atoms with Crippen LogP contribution in [-0.2, 0) is 16.0 Å². The van der Waals surface area contributed by atoms with Crippen molar-refractivity contribution in [3.05, 3.63) is 11.9 Å². The quantitative estimate of drug-likeness (QED) is 0.787. The Kier molecular flexibility index (Phi) is 5.23. The summed E-state index contributed by atoms with van der Waals surface area (Å²) in [6.07, 6.45) is 3.20. The smallest absolute Gasteiger partial charge is 0.410 e. The van der Waals surface area contributed by atoms with E-state index in [0.29, 0.717) is 19.6 Å². The summed E-state index contributed by atoms with van der Waals surface area (Å²) in [6.45, 7) is 7.49. The van der Waals surface area contributed by atoms with Crippen molar-refractivity contribution in [2.45, 2.75) is 45.8 Å². The fourth-order valence-corrected chi connectivity index (χ4v) is 2.56. The Morgan fingerprint density at radius 1 is 1.39 bits per heavy atom. The van der Waals surface area contributed by atoms with E-state index in [1.807, 2.05) is 20.8 Å². The second-order valence-electron chi connectivity index (χ2n) is 6.75. The van der Waals surface area contributed by atoms with Crippen LogP contribution in [0.25, 0.3) is 0 Å². The van der Waals surface area contributed by atoms with Gasteiger partial charge in [0.15, 0.2) is 5.69 Å². The zero-order valence-electron chi connectivity index (χ0n) is 14.1. The summed E-state index contributed by atoms with van der Waals surface area (Å²) in [7, 11) is 1.31. The van der Waals surface area contributed by atoms with Gasteiger partial charge in [0.2, 0.25) is 0 Å². The minimum absolute atomic E-state index is 0.187. The molecule has 0 unspecified atom stereocenters. The summed E-state index contributed by atoms with van der Waals surface area (Å²) in [5, 5.41) is 7.73. The van der Waals surface area contributed by atoms with E-state index >= 15 is 0 Å². The SMILES string of the molecule is COC(=O)c1cn(C[C@@H]2CCCN(C(=O)OC(C)(C)C)C2)nn1. The normalized spacial score (nSPS) is 18.6. The number of carbonyl (C=O) groups is 2. The Hall–Kier alpha value is -2.12. The highest BCUT2D eigenvalue weighted by Crippen LogP contribution is 2.20. The van der Waals surface area contributed by atoms with Crippen molar-refractivity contribution in [1.29, 1.82) is 0 Å². The summed E-state index contributed by atoms with van der Waals surface area (Å²) in [6, 6.07) is 0. The van der Waals surface area contributed by atoms with Crippen molar-refractivity contribution in [2.75, 3.05) is 20.2 Å². The summed E-state index contributed by atoms with van der Waals surface area (Å²) < 4.78 is 11.6. The Labute approximate surface area is 135 Å². The van der Waals surface area contributed by atoms with Gasteiger partial charge in [-0.05, 0) is 39.5 Å². The largest absolute Gasteiger partial charge is 0.464 e. The lowest BCUT2D eigenvalue weighted by atomic mass is 9.98. The first-order valence-electron chi connectivity index (χ1n) is 7.75. The molecule has 8 nitrogen and oxygen atoms in total. The van der Waals surface area contributed by atoms with Gasteiger partial charge in [0.1, 0.15) is 5.60 Å². The van der Waals surface area contributed by atoms with E-state index in [-0.39, 0.29) is 17.7 Å². The first-order chi connectivity index (χ1) is 10.8. The van der Waals surface area contributed by atoms with Crippen LogP contribution < -0.4 is 0 Å². The van der Waals surface area contributed by atoms with Crippen molar-refractivity contribution in [2.24, 2.45) is 5.92 Å². The monoisotopic (exact) mass is 324 g/mol. The Bertz CT molecular complexity index is 564. The van der Waals surface area contributed by atoms with Gasteiger partial charge in [0, 0.05) is 19.6 Å². The number of rotatable bonds is 3. The van der Waals surface area contributed by atoms with Crippen LogP contribution in [-0.4, -0.2) is 57.8 Å². The molecule has 1 saturated heterocycles. The van der Waals surface area contributed by atoms with E-state index in [9.17, 15) is 9.59 Å². The first-order valence-corrected chi connectivity index (χ1v) is 7.75. The number of hydrogen-bond donors (Lipinski definition) is 0. The molecule has 8 heteroatoms. The molecule has 0 saturated carbocycles. The van der Waals surface area contributed by atoms with Crippen LogP contribution in [0, 0.1) is 5.92 Å². The van der Waals surface area contributed by atoms with Gasteiger partial charge in [-0.15, -0.1) is 5.10 Å². The summed E-state index contributed by atoms with van der Waals surface area (Å²) in [5.74, 6) is -0.251. The molecule has 1 aliphatic rings. The number of esters is 1. The van der Waals surface area contributed by atoms with Gasteiger partial charge in [0.25, 0.3) is 0 Å². The van der Waals surface area contributed by atoms with Crippen molar-refractivity contribution in [3.63, 3.8) is 0 Å². The number of likely N-dealkylation sites (tertiary alicyclic amines) is 1. The second-order valence-corrected chi connectivity index (χ2v) is 6.75. The lowest BCUT2D eigenvalue weighted by Crippen LogP contribution is -2.43. The van der Waals surface area contributed by atoms with Crippen molar-refractivity contribution in [1.82, 2.24) is 19.9 Å². The minimum Gasteiger partial charge on any atom is -0.464 e.